The second kappa shape index (κ2) is 3.37. The van der Waals surface area contributed by atoms with Crippen molar-refractivity contribution in [2.24, 2.45) is 5.73 Å². The Balaban J connectivity index is 3.49. The molecule has 0 bridgehead atoms. The molecule has 0 aromatic carbocycles. The molecule has 3 nitrogen and oxygen atoms in total. The summed E-state index contributed by atoms with van der Waals surface area (Å²) in [7, 11) is 0. The van der Waals surface area contributed by atoms with E-state index in [1.54, 1.807) is 6.26 Å². The topological polar surface area (TPSA) is 52.3 Å². The molecule has 0 saturated heterocycles. The molecular weight excluding hydrogens is 126 g/mol. The lowest BCUT2D eigenvalue weighted by Gasteiger charge is -1.94. The van der Waals surface area contributed by atoms with Gasteiger partial charge in [0, 0.05) is 6.26 Å². The van der Waals surface area contributed by atoms with E-state index in [1.807, 2.05) is 0 Å². The summed E-state index contributed by atoms with van der Waals surface area (Å²) in [6.07, 6.45) is 1.63. The van der Waals surface area contributed by atoms with Gasteiger partial charge >= 0.3 is 5.97 Å². The first-order chi connectivity index (χ1) is 3.68. The third kappa shape index (κ3) is 2.52. The van der Waals surface area contributed by atoms with Crippen LogP contribution in [0.25, 0.3) is 0 Å². The summed E-state index contributed by atoms with van der Waals surface area (Å²) >= 11 is 0.948. The fraction of sp³-hybridized carbons (Fsp3) is 0.250. The molecule has 0 radical (unpaired) electrons. The van der Waals surface area contributed by atoms with Crippen LogP contribution in [0, 0.1) is 0 Å². The van der Waals surface area contributed by atoms with Crippen LogP contribution in [0.15, 0.2) is 12.3 Å². The van der Waals surface area contributed by atoms with Crippen LogP contribution >= 0.6 is 12.0 Å². The number of nitrogens with two attached hydrogens (primary N) is 1. The number of rotatable bonds is 2. The van der Waals surface area contributed by atoms with Crippen molar-refractivity contribution in [2.75, 3.05) is 6.26 Å². The maximum Gasteiger partial charge on any atom is 0.365 e. The fourth-order valence-electron chi connectivity index (χ4n) is 0.129. The molecule has 0 amide bonds. The largest absolute Gasteiger partial charge is 0.393 e. The average molecular weight is 133 g/mol. The molecule has 0 aromatic heterocycles. The van der Waals surface area contributed by atoms with E-state index < -0.39 is 5.97 Å². The van der Waals surface area contributed by atoms with E-state index in [9.17, 15) is 4.79 Å². The van der Waals surface area contributed by atoms with E-state index in [-0.39, 0.29) is 5.70 Å². The van der Waals surface area contributed by atoms with Crippen molar-refractivity contribution in [2.45, 2.75) is 0 Å². The van der Waals surface area contributed by atoms with E-state index in [1.165, 1.54) is 0 Å². The van der Waals surface area contributed by atoms with Crippen LogP contribution in [0.3, 0.4) is 0 Å². The highest BCUT2D eigenvalue weighted by molar-refractivity contribution is 7.94. The zero-order chi connectivity index (χ0) is 6.57. The van der Waals surface area contributed by atoms with Gasteiger partial charge in [0.15, 0.2) is 0 Å². The molecule has 8 heavy (non-hydrogen) atoms. The monoisotopic (exact) mass is 133 g/mol. The Labute approximate surface area is 52.1 Å². The van der Waals surface area contributed by atoms with Crippen molar-refractivity contribution in [3.05, 3.63) is 12.3 Å². The van der Waals surface area contributed by atoms with Gasteiger partial charge in [-0.2, -0.15) is 0 Å². The van der Waals surface area contributed by atoms with E-state index in [0.717, 1.165) is 12.0 Å². The second-order valence-electron chi connectivity index (χ2n) is 1.06. The predicted molar refractivity (Wildman–Crippen MR) is 32.9 cm³/mol. The summed E-state index contributed by atoms with van der Waals surface area (Å²) in [5, 5.41) is 0. The molecule has 46 valence electrons. The molecule has 0 fully saturated rings. The van der Waals surface area contributed by atoms with E-state index in [0.29, 0.717) is 0 Å². The molecule has 0 aliphatic carbocycles. The van der Waals surface area contributed by atoms with Crippen molar-refractivity contribution in [1.82, 2.24) is 0 Å². The van der Waals surface area contributed by atoms with Crippen LogP contribution < -0.4 is 5.73 Å². The zero-order valence-electron chi connectivity index (χ0n) is 4.51. The standard InChI is InChI=1S/C4H7NO2S/c1-3(5)4(6)7-8-2/h1,5H2,2H3. The Morgan fingerprint density at radius 2 is 2.38 bits per heavy atom. The Bertz CT molecular complexity index is 113. The Morgan fingerprint density at radius 1 is 1.88 bits per heavy atom. The normalized spacial score (nSPS) is 8.12. The molecule has 0 heterocycles. The quantitative estimate of drug-likeness (QED) is 0.434. The second-order valence-corrected chi connectivity index (χ2v) is 1.56. The minimum atomic E-state index is -0.572. The van der Waals surface area contributed by atoms with Crippen molar-refractivity contribution in [3.8, 4) is 0 Å². The van der Waals surface area contributed by atoms with E-state index >= 15 is 0 Å². The van der Waals surface area contributed by atoms with E-state index in [4.69, 9.17) is 5.73 Å². The minimum Gasteiger partial charge on any atom is -0.393 e. The smallest absolute Gasteiger partial charge is 0.365 e. The molecule has 0 aliphatic heterocycles. The van der Waals surface area contributed by atoms with Gasteiger partial charge in [-0.15, -0.1) is 0 Å². The highest BCUT2D eigenvalue weighted by Crippen LogP contribution is 1.97. The molecule has 0 rings (SSSR count). The van der Waals surface area contributed by atoms with Crippen LogP contribution in [-0.4, -0.2) is 12.2 Å². The molecule has 2 N–H and O–H groups in total. The van der Waals surface area contributed by atoms with Crippen molar-refractivity contribution in [3.63, 3.8) is 0 Å². The number of hydrogen-bond acceptors (Lipinski definition) is 4. The maximum absolute atomic E-state index is 10.3. The Kier molecular flexibility index (Phi) is 3.10. The third-order valence-electron chi connectivity index (χ3n) is 0.421. The van der Waals surface area contributed by atoms with Crippen LogP contribution in [0.1, 0.15) is 0 Å². The summed E-state index contributed by atoms with van der Waals surface area (Å²) in [4.78, 5) is 10.3. The lowest BCUT2D eigenvalue weighted by Crippen LogP contribution is -2.09. The number of hydrogen-bond donors (Lipinski definition) is 1. The van der Waals surface area contributed by atoms with Crippen LogP contribution in [0.5, 0.6) is 0 Å². The molecule has 0 atom stereocenters. The number of carbonyl (C=O) groups excluding carboxylic acids is 1. The summed E-state index contributed by atoms with van der Waals surface area (Å²) in [5.74, 6) is -0.572. The zero-order valence-corrected chi connectivity index (χ0v) is 5.33. The van der Waals surface area contributed by atoms with Crippen molar-refractivity contribution in [1.29, 1.82) is 0 Å². The van der Waals surface area contributed by atoms with Gasteiger partial charge < -0.3 is 9.92 Å². The molecule has 4 heteroatoms. The van der Waals surface area contributed by atoms with Gasteiger partial charge in [-0.3, -0.25) is 0 Å². The van der Waals surface area contributed by atoms with Gasteiger partial charge in [0.2, 0.25) is 0 Å². The first kappa shape index (κ1) is 7.36. The van der Waals surface area contributed by atoms with Gasteiger partial charge in [0.05, 0.1) is 12.0 Å². The van der Waals surface area contributed by atoms with Gasteiger partial charge in [-0.25, -0.2) is 4.79 Å². The first-order valence-electron chi connectivity index (χ1n) is 1.88. The highest BCUT2D eigenvalue weighted by Gasteiger charge is 2.00. The van der Waals surface area contributed by atoms with Gasteiger partial charge in [0.1, 0.15) is 5.70 Å². The summed E-state index contributed by atoms with van der Waals surface area (Å²) < 4.78 is 4.36. The van der Waals surface area contributed by atoms with E-state index in [2.05, 4.69) is 10.8 Å². The molecular formula is C4H7NO2S. The van der Waals surface area contributed by atoms with Gasteiger partial charge in [0.25, 0.3) is 0 Å². The Hall–Kier alpha value is -0.640. The summed E-state index contributed by atoms with van der Waals surface area (Å²) in [6.45, 7) is 3.16. The molecule has 0 saturated carbocycles. The molecule has 0 spiro atoms. The lowest BCUT2D eigenvalue weighted by atomic mass is 10.5. The Morgan fingerprint density at radius 3 is 2.50 bits per heavy atom. The predicted octanol–water partition coefficient (Wildman–Crippen LogP) is 0.280. The highest BCUT2D eigenvalue weighted by atomic mass is 32.2. The van der Waals surface area contributed by atoms with Crippen LogP contribution in [0.2, 0.25) is 0 Å². The van der Waals surface area contributed by atoms with Gasteiger partial charge in [-0.05, 0) is 0 Å². The van der Waals surface area contributed by atoms with Crippen molar-refractivity contribution < 1.29 is 8.98 Å². The van der Waals surface area contributed by atoms with Crippen LogP contribution in [-0.2, 0) is 8.98 Å². The number of carbonyl (C=O) groups is 1. The van der Waals surface area contributed by atoms with Crippen molar-refractivity contribution >= 4 is 18.0 Å². The fourth-order valence-corrected chi connectivity index (χ4v) is 0.388. The third-order valence-corrected chi connectivity index (χ3v) is 0.739. The summed E-state index contributed by atoms with van der Waals surface area (Å²) in [5.41, 5.74) is 4.87. The molecule has 0 aromatic rings. The maximum atomic E-state index is 10.3. The minimum absolute atomic E-state index is 0.0700. The van der Waals surface area contributed by atoms with Gasteiger partial charge in [-0.1, -0.05) is 6.58 Å². The SMILES string of the molecule is C=C(N)C(=O)OSC. The lowest BCUT2D eigenvalue weighted by molar-refractivity contribution is -0.128. The van der Waals surface area contributed by atoms with Crippen LogP contribution in [0.4, 0.5) is 0 Å². The first-order valence-corrected chi connectivity index (χ1v) is 3.03. The average Bonchev–Trinajstić information content (AvgIpc) is 1.67. The molecule has 0 unspecified atom stereocenters. The molecule has 0 aliphatic rings. The summed E-state index contributed by atoms with van der Waals surface area (Å²) in [6, 6.07) is 0.